The highest BCUT2D eigenvalue weighted by atomic mass is 14.8. The van der Waals surface area contributed by atoms with Gasteiger partial charge in [0.2, 0.25) is 0 Å². The molecule has 0 aromatic rings. The molecule has 1 heteroatoms. The van der Waals surface area contributed by atoms with Gasteiger partial charge in [0.1, 0.15) is 0 Å². The van der Waals surface area contributed by atoms with Gasteiger partial charge in [-0.15, -0.1) is 0 Å². The Labute approximate surface area is 68.9 Å². The summed E-state index contributed by atoms with van der Waals surface area (Å²) >= 11 is 0. The molecule has 0 bridgehead atoms. The first kappa shape index (κ1) is 7.33. The molecule has 1 fully saturated rings. The Hall–Kier alpha value is -0.330. The quantitative estimate of drug-likeness (QED) is 0.546. The molecule has 0 aromatic heterocycles. The molecule has 1 aliphatic heterocycles. The van der Waals surface area contributed by atoms with Gasteiger partial charge < -0.3 is 0 Å². The lowest BCUT2D eigenvalue weighted by molar-refractivity contribution is 0.521. The van der Waals surface area contributed by atoms with Gasteiger partial charge in [-0.05, 0) is 31.6 Å². The minimum absolute atomic E-state index is 0.556. The van der Waals surface area contributed by atoms with Crippen molar-refractivity contribution in [2.75, 3.05) is 6.54 Å². The second-order valence-corrected chi connectivity index (χ2v) is 4.49. The van der Waals surface area contributed by atoms with E-state index in [0.717, 1.165) is 12.5 Å². The Kier molecular flexibility index (Phi) is 1.55. The van der Waals surface area contributed by atoms with Crippen LogP contribution in [0.4, 0.5) is 0 Å². The molecule has 1 atom stereocenters. The fraction of sp³-hybridized carbons (Fsp3) is 0.900. The minimum atomic E-state index is 0.556. The van der Waals surface area contributed by atoms with E-state index < -0.39 is 0 Å². The van der Waals surface area contributed by atoms with Gasteiger partial charge in [-0.1, -0.05) is 13.8 Å². The van der Waals surface area contributed by atoms with E-state index in [1.54, 1.807) is 0 Å². The predicted octanol–water partition coefficient (Wildman–Crippen LogP) is 2.66. The van der Waals surface area contributed by atoms with Crippen LogP contribution in [-0.2, 0) is 0 Å². The largest absolute Gasteiger partial charge is 0.293 e. The van der Waals surface area contributed by atoms with Crippen LogP contribution in [0.1, 0.15) is 39.5 Å². The van der Waals surface area contributed by atoms with Crippen molar-refractivity contribution in [3.63, 3.8) is 0 Å². The molecule has 0 amide bonds. The summed E-state index contributed by atoms with van der Waals surface area (Å²) in [4.78, 5) is 4.66. The topological polar surface area (TPSA) is 12.4 Å². The third-order valence-corrected chi connectivity index (χ3v) is 3.16. The maximum absolute atomic E-state index is 4.66. The van der Waals surface area contributed by atoms with E-state index in [1.807, 2.05) is 0 Å². The van der Waals surface area contributed by atoms with Crippen LogP contribution in [0.15, 0.2) is 4.99 Å². The van der Waals surface area contributed by atoms with E-state index in [9.17, 15) is 0 Å². The number of hydrogen-bond donors (Lipinski definition) is 0. The van der Waals surface area contributed by atoms with Crippen LogP contribution in [0, 0.1) is 11.3 Å². The average molecular weight is 151 g/mol. The van der Waals surface area contributed by atoms with Crippen LogP contribution in [-0.4, -0.2) is 12.3 Å². The van der Waals surface area contributed by atoms with E-state index in [0.29, 0.717) is 5.41 Å². The van der Waals surface area contributed by atoms with E-state index in [-0.39, 0.29) is 0 Å². The van der Waals surface area contributed by atoms with Crippen molar-refractivity contribution >= 4 is 5.71 Å². The highest BCUT2D eigenvalue weighted by Gasteiger charge is 2.42. The molecule has 2 rings (SSSR count). The Morgan fingerprint density at radius 1 is 1.45 bits per heavy atom. The van der Waals surface area contributed by atoms with Gasteiger partial charge >= 0.3 is 0 Å². The molecule has 11 heavy (non-hydrogen) atoms. The molecule has 1 heterocycles. The highest BCUT2D eigenvalue weighted by molar-refractivity contribution is 5.92. The van der Waals surface area contributed by atoms with Crippen LogP contribution in [0.5, 0.6) is 0 Å². The normalized spacial score (nSPS) is 34.7. The standard InChI is InChI=1S/C10H17N/c1-8-3-4-9(11-7-8)10(2)5-6-10/h8H,3-7H2,1-2H3. The van der Waals surface area contributed by atoms with E-state index in [1.165, 1.54) is 31.4 Å². The molecule has 1 unspecified atom stereocenters. The van der Waals surface area contributed by atoms with Crippen LogP contribution in [0.3, 0.4) is 0 Å². The summed E-state index contributed by atoms with van der Waals surface area (Å²) in [7, 11) is 0. The average Bonchev–Trinajstić information content (AvgIpc) is 2.70. The van der Waals surface area contributed by atoms with Crippen molar-refractivity contribution in [2.24, 2.45) is 16.3 Å². The molecule has 62 valence electrons. The van der Waals surface area contributed by atoms with Gasteiger partial charge in [0.05, 0.1) is 0 Å². The Morgan fingerprint density at radius 2 is 2.18 bits per heavy atom. The van der Waals surface area contributed by atoms with Crippen molar-refractivity contribution in [1.82, 2.24) is 0 Å². The van der Waals surface area contributed by atoms with Crippen molar-refractivity contribution < 1.29 is 0 Å². The van der Waals surface area contributed by atoms with Gasteiger partial charge in [-0.2, -0.15) is 0 Å². The zero-order valence-electron chi connectivity index (χ0n) is 7.56. The van der Waals surface area contributed by atoms with E-state index in [4.69, 9.17) is 0 Å². The molecule has 1 saturated carbocycles. The molecule has 1 aliphatic carbocycles. The Morgan fingerprint density at radius 3 is 2.64 bits per heavy atom. The number of aliphatic imine (C=N–C) groups is 1. The molecular weight excluding hydrogens is 134 g/mol. The third kappa shape index (κ3) is 1.33. The molecule has 0 radical (unpaired) electrons. The molecule has 2 aliphatic rings. The smallest absolute Gasteiger partial charge is 0.0414 e. The SMILES string of the molecule is CC1CCC(C2(C)CC2)=NC1. The second kappa shape index (κ2) is 2.33. The third-order valence-electron chi connectivity index (χ3n) is 3.16. The highest BCUT2D eigenvalue weighted by Crippen LogP contribution is 2.48. The summed E-state index contributed by atoms with van der Waals surface area (Å²) in [6, 6.07) is 0. The number of hydrogen-bond acceptors (Lipinski definition) is 1. The van der Waals surface area contributed by atoms with Gasteiger partial charge in [-0.3, -0.25) is 4.99 Å². The summed E-state index contributed by atoms with van der Waals surface area (Å²) in [5.41, 5.74) is 2.08. The zero-order valence-corrected chi connectivity index (χ0v) is 7.56. The van der Waals surface area contributed by atoms with Gasteiger partial charge in [0.15, 0.2) is 0 Å². The predicted molar refractivity (Wildman–Crippen MR) is 48.0 cm³/mol. The summed E-state index contributed by atoms with van der Waals surface area (Å²) in [6.45, 7) is 5.75. The first-order chi connectivity index (χ1) is 5.21. The first-order valence-corrected chi connectivity index (χ1v) is 4.74. The van der Waals surface area contributed by atoms with E-state index in [2.05, 4.69) is 18.8 Å². The lowest BCUT2D eigenvalue weighted by Crippen LogP contribution is -2.20. The van der Waals surface area contributed by atoms with Crippen molar-refractivity contribution in [1.29, 1.82) is 0 Å². The summed E-state index contributed by atoms with van der Waals surface area (Å²) < 4.78 is 0. The fourth-order valence-corrected chi connectivity index (χ4v) is 1.79. The fourth-order valence-electron chi connectivity index (χ4n) is 1.79. The maximum Gasteiger partial charge on any atom is 0.0414 e. The van der Waals surface area contributed by atoms with Crippen molar-refractivity contribution in [2.45, 2.75) is 39.5 Å². The zero-order chi connectivity index (χ0) is 7.90. The second-order valence-electron chi connectivity index (χ2n) is 4.49. The summed E-state index contributed by atoms with van der Waals surface area (Å²) in [5.74, 6) is 0.834. The summed E-state index contributed by atoms with van der Waals surface area (Å²) in [5, 5.41) is 0. The molecule has 0 aromatic carbocycles. The molecule has 0 saturated heterocycles. The number of rotatable bonds is 1. The van der Waals surface area contributed by atoms with Gasteiger partial charge in [-0.25, -0.2) is 0 Å². The van der Waals surface area contributed by atoms with Gasteiger partial charge in [0.25, 0.3) is 0 Å². The van der Waals surface area contributed by atoms with Crippen molar-refractivity contribution in [3.05, 3.63) is 0 Å². The lowest BCUT2D eigenvalue weighted by Gasteiger charge is -2.21. The monoisotopic (exact) mass is 151 g/mol. The van der Waals surface area contributed by atoms with Crippen LogP contribution in [0.2, 0.25) is 0 Å². The lowest BCUT2D eigenvalue weighted by atomic mass is 9.91. The van der Waals surface area contributed by atoms with E-state index >= 15 is 0 Å². The summed E-state index contributed by atoms with van der Waals surface area (Å²) in [6.07, 6.45) is 5.42. The number of nitrogens with zero attached hydrogens (tertiary/aromatic N) is 1. The first-order valence-electron chi connectivity index (χ1n) is 4.74. The Bertz CT molecular complexity index is 189. The molecular formula is C10H17N. The molecule has 0 N–H and O–H groups in total. The maximum atomic E-state index is 4.66. The molecule has 0 spiro atoms. The van der Waals surface area contributed by atoms with Crippen LogP contribution >= 0.6 is 0 Å². The van der Waals surface area contributed by atoms with Crippen molar-refractivity contribution in [3.8, 4) is 0 Å². The van der Waals surface area contributed by atoms with Crippen LogP contribution < -0.4 is 0 Å². The van der Waals surface area contributed by atoms with Crippen LogP contribution in [0.25, 0.3) is 0 Å². The van der Waals surface area contributed by atoms with Gasteiger partial charge in [0, 0.05) is 17.7 Å². The Balaban J connectivity index is 2.05. The minimum Gasteiger partial charge on any atom is -0.293 e. The molecule has 1 nitrogen and oxygen atoms in total.